The number of amides is 1. The number of aromatic nitrogens is 2. The van der Waals surface area contributed by atoms with E-state index in [4.69, 9.17) is 21.9 Å². The maximum atomic E-state index is 13.2. The van der Waals surface area contributed by atoms with Gasteiger partial charge in [-0.05, 0) is 92.1 Å². The summed E-state index contributed by atoms with van der Waals surface area (Å²) < 4.78 is 7.84. The number of para-hydroxylation sites is 1. The van der Waals surface area contributed by atoms with E-state index in [0.717, 1.165) is 66.7 Å². The van der Waals surface area contributed by atoms with Crippen LogP contribution < -0.4 is 15.5 Å². The molecule has 6 rings (SSSR count). The van der Waals surface area contributed by atoms with Gasteiger partial charge in [0.15, 0.2) is 5.11 Å². The van der Waals surface area contributed by atoms with Crippen LogP contribution in [0.4, 0.5) is 11.4 Å². The van der Waals surface area contributed by atoms with E-state index in [9.17, 15) is 4.79 Å². The molecule has 2 aromatic carbocycles. The summed E-state index contributed by atoms with van der Waals surface area (Å²) in [6.45, 7) is 10.2. The standard InChI is InChI=1S/C35H40N6O2S/c1-4-26-9-5-6-10-30(26)37-32(42)16-18-40-34(33(38-35(40)44)31-11-7-8-17-36-31)29-23-24(2)41(25(29)3)28-14-12-27(13-15-28)39-19-21-43-22-20-39/h5-15,17,23,33-34H,4,16,18-22H2,1-3H3,(H,37,42)(H,38,44)/t33-,34+/m0/s1. The van der Waals surface area contributed by atoms with Crippen molar-refractivity contribution in [3.05, 3.63) is 107 Å². The minimum atomic E-state index is -0.148. The number of ether oxygens (including phenoxy) is 1. The van der Waals surface area contributed by atoms with Gasteiger partial charge in [-0.1, -0.05) is 31.2 Å². The lowest BCUT2D eigenvalue weighted by Gasteiger charge is -2.29. The zero-order valence-electron chi connectivity index (χ0n) is 25.6. The molecule has 2 aliphatic heterocycles. The normalized spacial score (nSPS) is 18.4. The van der Waals surface area contributed by atoms with Crippen molar-refractivity contribution in [2.24, 2.45) is 0 Å². The molecule has 2 saturated heterocycles. The molecule has 4 aromatic rings. The predicted octanol–water partition coefficient (Wildman–Crippen LogP) is 5.89. The molecule has 2 aromatic heterocycles. The summed E-state index contributed by atoms with van der Waals surface area (Å²) >= 11 is 5.90. The van der Waals surface area contributed by atoms with Crippen LogP contribution in [0.15, 0.2) is 79.0 Å². The van der Waals surface area contributed by atoms with Crippen LogP contribution in [0, 0.1) is 13.8 Å². The van der Waals surface area contributed by atoms with E-state index < -0.39 is 0 Å². The van der Waals surface area contributed by atoms with Gasteiger partial charge in [-0.3, -0.25) is 9.78 Å². The highest BCUT2D eigenvalue weighted by molar-refractivity contribution is 7.80. The molecule has 2 atom stereocenters. The number of benzene rings is 2. The summed E-state index contributed by atoms with van der Waals surface area (Å²) in [5.41, 5.74) is 8.69. The van der Waals surface area contributed by atoms with Crippen molar-refractivity contribution in [1.29, 1.82) is 0 Å². The van der Waals surface area contributed by atoms with Gasteiger partial charge in [0.05, 0.1) is 31.0 Å². The molecule has 0 spiro atoms. The van der Waals surface area contributed by atoms with Gasteiger partial charge in [-0.25, -0.2) is 0 Å². The molecule has 2 fully saturated rings. The molecule has 44 heavy (non-hydrogen) atoms. The monoisotopic (exact) mass is 608 g/mol. The first kappa shape index (κ1) is 29.8. The average Bonchev–Trinajstić information content (AvgIpc) is 3.54. The number of thiocarbonyl (C=S) groups is 1. The number of anilines is 2. The first-order valence-corrected chi connectivity index (χ1v) is 15.8. The van der Waals surface area contributed by atoms with E-state index in [1.807, 2.05) is 42.6 Å². The highest BCUT2D eigenvalue weighted by atomic mass is 32.1. The van der Waals surface area contributed by atoms with Crippen LogP contribution in [0.1, 0.15) is 53.6 Å². The molecular formula is C35H40N6O2S. The lowest BCUT2D eigenvalue weighted by Crippen LogP contribution is -2.36. The molecule has 0 aliphatic carbocycles. The molecule has 228 valence electrons. The Morgan fingerprint density at radius 3 is 2.48 bits per heavy atom. The van der Waals surface area contributed by atoms with Crippen molar-refractivity contribution in [3.8, 4) is 5.69 Å². The molecule has 0 bridgehead atoms. The van der Waals surface area contributed by atoms with Gasteiger partial charge >= 0.3 is 0 Å². The molecule has 0 radical (unpaired) electrons. The quantitative estimate of drug-likeness (QED) is 0.230. The Hall–Kier alpha value is -4.21. The van der Waals surface area contributed by atoms with Gasteiger partial charge in [0.2, 0.25) is 5.91 Å². The van der Waals surface area contributed by atoms with E-state index in [2.05, 4.69) is 82.2 Å². The fourth-order valence-corrected chi connectivity index (χ4v) is 6.82. The van der Waals surface area contributed by atoms with Crippen LogP contribution in [0.25, 0.3) is 5.69 Å². The fourth-order valence-electron chi connectivity index (χ4n) is 6.49. The second kappa shape index (κ2) is 13.2. The summed E-state index contributed by atoms with van der Waals surface area (Å²) in [5.74, 6) is -0.0282. The van der Waals surface area contributed by atoms with E-state index in [1.165, 1.54) is 11.3 Å². The maximum absolute atomic E-state index is 13.2. The van der Waals surface area contributed by atoms with E-state index in [1.54, 1.807) is 0 Å². The van der Waals surface area contributed by atoms with Crippen LogP contribution in [-0.2, 0) is 16.0 Å². The lowest BCUT2D eigenvalue weighted by atomic mass is 9.96. The van der Waals surface area contributed by atoms with Crippen LogP contribution in [0.2, 0.25) is 0 Å². The van der Waals surface area contributed by atoms with Crippen molar-refractivity contribution in [1.82, 2.24) is 19.8 Å². The second-order valence-electron chi connectivity index (χ2n) is 11.4. The smallest absolute Gasteiger partial charge is 0.226 e. The van der Waals surface area contributed by atoms with Crippen molar-refractivity contribution in [2.75, 3.05) is 43.1 Å². The topological polar surface area (TPSA) is 74.7 Å². The number of morpholine rings is 1. The molecule has 9 heteroatoms. The van der Waals surface area contributed by atoms with Crippen molar-refractivity contribution >= 4 is 34.6 Å². The van der Waals surface area contributed by atoms with Crippen molar-refractivity contribution < 1.29 is 9.53 Å². The summed E-state index contributed by atoms with van der Waals surface area (Å²) in [4.78, 5) is 22.4. The largest absolute Gasteiger partial charge is 0.378 e. The Labute approximate surface area is 265 Å². The average molecular weight is 609 g/mol. The molecule has 1 amide bonds. The predicted molar refractivity (Wildman–Crippen MR) is 180 cm³/mol. The van der Waals surface area contributed by atoms with E-state index in [0.29, 0.717) is 18.1 Å². The molecule has 0 saturated carbocycles. The Balaban J connectivity index is 1.28. The number of carbonyl (C=O) groups is 1. The zero-order chi connectivity index (χ0) is 30.6. The zero-order valence-corrected chi connectivity index (χ0v) is 26.4. The number of aryl methyl sites for hydroxylation is 2. The Morgan fingerprint density at radius 2 is 1.75 bits per heavy atom. The van der Waals surface area contributed by atoms with Gasteiger partial charge < -0.3 is 29.7 Å². The lowest BCUT2D eigenvalue weighted by molar-refractivity contribution is -0.116. The van der Waals surface area contributed by atoms with Gasteiger partial charge in [0.1, 0.15) is 0 Å². The number of rotatable bonds is 9. The number of pyridine rings is 1. The molecule has 0 unspecified atom stereocenters. The highest BCUT2D eigenvalue weighted by Gasteiger charge is 2.41. The first-order chi connectivity index (χ1) is 21.4. The van der Waals surface area contributed by atoms with Crippen LogP contribution in [0.3, 0.4) is 0 Å². The molecule has 8 nitrogen and oxygen atoms in total. The summed E-state index contributed by atoms with van der Waals surface area (Å²) in [6, 6.07) is 24.7. The Kier molecular flexibility index (Phi) is 8.95. The van der Waals surface area contributed by atoms with E-state index >= 15 is 0 Å². The number of hydrogen-bond donors (Lipinski definition) is 2. The number of nitrogens with zero attached hydrogens (tertiary/aromatic N) is 4. The Morgan fingerprint density at radius 1 is 1.02 bits per heavy atom. The second-order valence-corrected chi connectivity index (χ2v) is 11.8. The highest BCUT2D eigenvalue weighted by Crippen LogP contribution is 2.41. The fraction of sp³-hybridized carbons (Fsp3) is 0.343. The third-order valence-electron chi connectivity index (χ3n) is 8.72. The minimum Gasteiger partial charge on any atom is -0.378 e. The third kappa shape index (κ3) is 6.07. The van der Waals surface area contributed by atoms with Crippen LogP contribution >= 0.6 is 12.2 Å². The van der Waals surface area contributed by atoms with Gasteiger partial charge in [0, 0.05) is 60.7 Å². The van der Waals surface area contributed by atoms with Crippen LogP contribution in [0.5, 0.6) is 0 Å². The summed E-state index contributed by atoms with van der Waals surface area (Å²) in [5, 5.41) is 7.29. The molecule has 2 N–H and O–H groups in total. The first-order valence-electron chi connectivity index (χ1n) is 15.4. The van der Waals surface area contributed by atoms with Gasteiger partial charge in [0.25, 0.3) is 0 Å². The van der Waals surface area contributed by atoms with Gasteiger partial charge in [-0.15, -0.1) is 0 Å². The minimum absolute atomic E-state index is 0.0282. The van der Waals surface area contributed by atoms with E-state index in [-0.39, 0.29) is 18.0 Å². The summed E-state index contributed by atoms with van der Waals surface area (Å²) in [6.07, 6.45) is 2.99. The number of nitrogens with one attached hydrogen (secondary N) is 2. The summed E-state index contributed by atoms with van der Waals surface area (Å²) in [7, 11) is 0. The number of carbonyl (C=O) groups excluding carboxylic acids is 1. The molecule has 2 aliphatic rings. The maximum Gasteiger partial charge on any atom is 0.226 e. The molecule has 4 heterocycles. The SMILES string of the molecule is CCc1ccccc1NC(=O)CCN1C(=S)N[C@@H](c2ccccn2)[C@H]1c1cc(C)n(-c2ccc(N3CCOCC3)cc2)c1C. The molecular weight excluding hydrogens is 568 g/mol. The van der Waals surface area contributed by atoms with Gasteiger partial charge in [-0.2, -0.15) is 0 Å². The third-order valence-corrected chi connectivity index (χ3v) is 9.08. The Bertz CT molecular complexity index is 1610. The van der Waals surface area contributed by atoms with Crippen molar-refractivity contribution in [3.63, 3.8) is 0 Å². The van der Waals surface area contributed by atoms with Crippen molar-refractivity contribution in [2.45, 2.75) is 45.7 Å². The van der Waals surface area contributed by atoms with Crippen LogP contribution in [-0.4, -0.2) is 58.3 Å². The number of hydrogen-bond acceptors (Lipinski definition) is 5.